The number of amides is 1. The summed E-state index contributed by atoms with van der Waals surface area (Å²) in [5.41, 5.74) is 1.07. The second-order valence-corrected chi connectivity index (χ2v) is 6.09. The minimum Gasteiger partial charge on any atom is -0.497 e. The van der Waals surface area contributed by atoms with E-state index in [9.17, 15) is 13.6 Å². The van der Waals surface area contributed by atoms with Crippen molar-refractivity contribution in [1.29, 1.82) is 0 Å². The number of carbonyl (C=O) groups is 1. The Morgan fingerprint density at radius 3 is 2.64 bits per heavy atom. The van der Waals surface area contributed by atoms with Gasteiger partial charge in [0.25, 0.3) is 5.91 Å². The lowest BCUT2D eigenvalue weighted by molar-refractivity contribution is 0.102. The van der Waals surface area contributed by atoms with E-state index < -0.39 is 17.5 Å². The molecule has 3 aromatic rings. The van der Waals surface area contributed by atoms with Gasteiger partial charge in [-0.1, -0.05) is 0 Å². The van der Waals surface area contributed by atoms with Crippen molar-refractivity contribution in [3.05, 3.63) is 70.9 Å². The standard InChI is InChI=1S/C20H19F2N3O3/c1-12-10-23-25(11-13-8-14(21)4-6-17(13)22)19(12)24-20(26)16-9-15(27-2)5-7-18(16)28-3/h4-10H,11H2,1-3H3,(H,24,26). The largest absolute Gasteiger partial charge is 0.497 e. The van der Waals surface area contributed by atoms with Gasteiger partial charge in [0.1, 0.15) is 29.0 Å². The maximum Gasteiger partial charge on any atom is 0.260 e. The highest BCUT2D eigenvalue weighted by atomic mass is 19.1. The Morgan fingerprint density at radius 2 is 1.93 bits per heavy atom. The van der Waals surface area contributed by atoms with E-state index in [1.54, 1.807) is 25.1 Å². The summed E-state index contributed by atoms with van der Waals surface area (Å²) in [7, 11) is 2.96. The van der Waals surface area contributed by atoms with Crippen molar-refractivity contribution < 1.29 is 23.0 Å². The first-order chi connectivity index (χ1) is 13.4. The predicted octanol–water partition coefficient (Wildman–Crippen LogP) is 3.79. The fourth-order valence-electron chi connectivity index (χ4n) is 2.75. The molecule has 1 N–H and O–H groups in total. The number of aromatic nitrogens is 2. The summed E-state index contributed by atoms with van der Waals surface area (Å²) >= 11 is 0. The number of anilines is 1. The van der Waals surface area contributed by atoms with Gasteiger partial charge >= 0.3 is 0 Å². The molecule has 146 valence electrons. The van der Waals surface area contributed by atoms with Gasteiger partial charge in [-0.2, -0.15) is 5.10 Å². The van der Waals surface area contributed by atoms with Crippen LogP contribution in [0.4, 0.5) is 14.6 Å². The number of nitrogens with zero attached hydrogens (tertiary/aromatic N) is 2. The smallest absolute Gasteiger partial charge is 0.260 e. The number of halogens is 2. The van der Waals surface area contributed by atoms with Gasteiger partial charge in [0.15, 0.2) is 0 Å². The van der Waals surface area contributed by atoms with Crippen LogP contribution in [0.1, 0.15) is 21.5 Å². The van der Waals surface area contributed by atoms with Crippen LogP contribution < -0.4 is 14.8 Å². The number of hydrogen-bond donors (Lipinski definition) is 1. The Balaban J connectivity index is 1.90. The molecule has 1 heterocycles. The van der Waals surface area contributed by atoms with Gasteiger partial charge in [0, 0.05) is 11.1 Å². The number of methoxy groups -OCH3 is 2. The highest BCUT2D eigenvalue weighted by molar-refractivity contribution is 6.06. The molecule has 1 amide bonds. The van der Waals surface area contributed by atoms with E-state index in [0.717, 1.165) is 18.2 Å². The summed E-state index contributed by atoms with van der Waals surface area (Å²) in [6.45, 7) is 1.71. The minimum absolute atomic E-state index is 0.0394. The minimum atomic E-state index is -0.554. The van der Waals surface area contributed by atoms with Gasteiger partial charge < -0.3 is 14.8 Å². The van der Waals surface area contributed by atoms with E-state index in [1.165, 1.54) is 25.1 Å². The summed E-state index contributed by atoms with van der Waals surface area (Å²) in [6.07, 6.45) is 1.54. The van der Waals surface area contributed by atoms with Crippen LogP contribution in [-0.2, 0) is 6.54 Å². The summed E-state index contributed by atoms with van der Waals surface area (Å²) in [5.74, 6) is -0.302. The summed E-state index contributed by atoms with van der Waals surface area (Å²) in [5, 5.41) is 6.93. The molecule has 0 fully saturated rings. The van der Waals surface area contributed by atoms with Gasteiger partial charge in [-0.05, 0) is 43.3 Å². The maximum atomic E-state index is 14.0. The van der Waals surface area contributed by atoms with E-state index in [4.69, 9.17) is 9.47 Å². The molecule has 0 unspecified atom stereocenters. The molecule has 28 heavy (non-hydrogen) atoms. The fraction of sp³-hybridized carbons (Fsp3) is 0.200. The lowest BCUT2D eigenvalue weighted by atomic mass is 10.1. The number of benzene rings is 2. The quantitative estimate of drug-likeness (QED) is 0.699. The zero-order valence-electron chi connectivity index (χ0n) is 15.6. The highest BCUT2D eigenvalue weighted by Gasteiger charge is 2.18. The molecule has 0 saturated heterocycles. The molecular weight excluding hydrogens is 368 g/mol. The average molecular weight is 387 g/mol. The normalized spacial score (nSPS) is 10.6. The monoisotopic (exact) mass is 387 g/mol. The van der Waals surface area contributed by atoms with Crippen molar-refractivity contribution in [2.75, 3.05) is 19.5 Å². The maximum absolute atomic E-state index is 14.0. The zero-order valence-corrected chi connectivity index (χ0v) is 15.6. The Kier molecular flexibility index (Phi) is 5.58. The van der Waals surface area contributed by atoms with E-state index in [1.807, 2.05) is 0 Å². The summed E-state index contributed by atoms with van der Waals surface area (Å²) < 4.78 is 39.2. The average Bonchev–Trinajstić information content (AvgIpc) is 3.03. The Morgan fingerprint density at radius 1 is 1.14 bits per heavy atom. The van der Waals surface area contributed by atoms with Gasteiger partial charge in [-0.3, -0.25) is 4.79 Å². The third-order valence-electron chi connectivity index (χ3n) is 4.23. The third-order valence-corrected chi connectivity index (χ3v) is 4.23. The molecule has 0 bridgehead atoms. The first-order valence-electron chi connectivity index (χ1n) is 8.42. The number of carbonyl (C=O) groups excluding carboxylic acids is 1. The molecule has 2 aromatic carbocycles. The Labute approximate surface area is 160 Å². The van der Waals surface area contributed by atoms with Gasteiger partial charge in [0.2, 0.25) is 0 Å². The lowest BCUT2D eigenvalue weighted by Crippen LogP contribution is -2.18. The molecule has 0 saturated carbocycles. The molecule has 0 aliphatic heterocycles. The van der Waals surface area contributed by atoms with Crippen molar-refractivity contribution >= 4 is 11.7 Å². The lowest BCUT2D eigenvalue weighted by Gasteiger charge is -2.13. The second kappa shape index (κ2) is 8.08. The van der Waals surface area contributed by atoms with E-state index >= 15 is 0 Å². The molecule has 0 radical (unpaired) electrons. The fourth-order valence-corrected chi connectivity index (χ4v) is 2.75. The van der Waals surface area contributed by atoms with Crippen LogP contribution in [0.2, 0.25) is 0 Å². The second-order valence-electron chi connectivity index (χ2n) is 6.09. The molecule has 0 spiro atoms. The first kappa shape index (κ1) is 19.3. The van der Waals surface area contributed by atoms with E-state index in [-0.39, 0.29) is 17.7 Å². The predicted molar refractivity (Wildman–Crippen MR) is 99.9 cm³/mol. The van der Waals surface area contributed by atoms with E-state index in [0.29, 0.717) is 22.9 Å². The van der Waals surface area contributed by atoms with Crippen LogP contribution >= 0.6 is 0 Å². The third kappa shape index (κ3) is 3.95. The molecule has 0 atom stereocenters. The van der Waals surface area contributed by atoms with Crippen LogP contribution in [0.15, 0.2) is 42.6 Å². The van der Waals surface area contributed by atoms with Gasteiger partial charge in [-0.25, -0.2) is 13.5 Å². The SMILES string of the molecule is COc1ccc(OC)c(C(=O)Nc2c(C)cnn2Cc2cc(F)ccc2F)c1. The van der Waals surface area contributed by atoms with Crippen molar-refractivity contribution in [3.8, 4) is 11.5 Å². The van der Waals surface area contributed by atoms with E-state index in [2.05, 4.69) is 10.4 Å². The summed E-state index contributed by atoms with van der Waals surface area (Å²) in [4.78, 5) is 12.8. The van der Waals surface area contributed by atoms with Crippen LogP contribution in [-0.4, -0.2) is 29.9 Å². The number of hydrogen-bond acceptors (Lipinski definition) is 4. The molecule has 8 heteroatoms. The topological polar surface area (TPSA) is 65.4 Å². The zero-order chi connectivity index (χ0) is 20.3. The number of rotatable bonds is 6. The molecule has 0 aliphatic rings. The molecule has 1 aromatic heterocycles. The van der Waals surface area contributed by atoms with Gasteiger partial charge in [-0.15, -0.1) is 0 Å². The first-order valence-corrected chi connectivity index (χ1v) is 8.42. The Hall–Kier alpha value is -3.42. The number of aryl methyl sites for hydroxylation is 1. The van der Waals surface area contributed by atoms with Gasteiger partial charge in [0.05, 0.1) is 32.5 Å². The molecule has 6 nitrogen and oxygen atoms in total. The molecular formula is C20H19F2N3O3. The van der Waals surface area contributed by atoms with Crippen molar-refractivity contribution in [2.45, 2.75) is 13.5 Å². The van der Waals surface area contributed by atoms with Crippen LogP contribution in [0.3, 0.4) is 0 Å². The van der Waals surface area contributed by atoms with Crippen molar-refractivity contribution in [3.63, 3.8) is 0 Å². The van der Waals surface area contributed by atoms with Crippen LogP contribution in [0.25, 0.3) is 0 Å². The summed E-state index contributed by atoms with van der Waals surface area (Å²) in [6, 6.07) is 8.06. The highest BCUT2D eigenvalue weighted by Crippen LogP contribution is 2.26. The Bertz CT molecular complexity index is 1020. The molecule has 0 aliphatic carbocycles. The number of nitrogens with one attached hydrogen (secondary N) is 1. The number of ether oxygens (including phenoxy) is 2. The van der Waals surface area contributed by atoms with Crippen molar-refractivity contribution in [2.24, 2.45) is 0 Å². The van der Waals surface area contributed by atoms with Crippen LogP contribution in [0, 0.1) is 18.6 Å². The molecule has 3 rings (SSSR count). The van der Waals surface area contributed by atoms with Crippen molar-refractivity contribution in [1.82, 2.24) is 9.78 Å². The van der Waals surface area contributed by atoms with Crippen LogP contribution in [0.5, 0.6) is 11.5 Å².